The summed E-state index contributed by atoms with van der Waals surface area (Å²) in [5, 5.41) is 4.57. The van der Waals surface area contributed by atoms with E-state index in [1.807, 2.05) is 6.07 Å². The first kappa shape index (κ1) is 42.6. The van der Waals surface area contributed by atoms with Gasteiger partial charge in [-0.1, -0.05) is 158 Å². The van der Waals surface area contributed by atoms with Gasteiger partial charge in [0.05, 0.1) is 0 Å². The minimum atomic E-state index is -0.159. The summed E-state index contributed by atoms with van der Waals surface area (Å²) in [6, 6.07) is 93.0. The molecule has 0 unspecified atom stereocenters. The first-order chi connectivity index (χ1) is 37.7. The van der Waals surface area contributed by atoms with Gasteiger partial charge in [0.1, 0.15) is 34.5 Å². The molecule has 0 radical (unpaired) electrons. The molecule has 8 heteroatoms. The Balaban J connectivity index is 0.966. The van der Waals surface area contributed by atoms with E-state index in [9.17, 15) is 0 Å². The number of rotatable bonds is 7. The van der Waals surface area contributed by atoms with Gasteiger partial charge in [0.25, 0.3) is 13.4 Å². The quantitative estimate of drug-likeness (QED) is 0.148. The van der Waals surface area contributed by atoms with Gasteiger partial charge in [-0.3, -0.25) is 0 Å². The number of ether oxygens (including phenoxy) is 3. The van der Waals surface area contributed by atoms with Crippen LogP contribution in [-0.4, -0.2) is 13.4 Å². The summed E-state index contributed by atoms with van der Waals surface area (Å²) in [5.41, 5.74) is 16.7. The van der Waals surface area contributed by atoms with Crippen molar-refractivity contribution in [1.82, 2.24) is 0 Å². The van der Waals surface area contributed by atoms with Crippen molar-refractivity contribution in [3.05, 3.63) is 261 Å². The molecule has 0 fully saturated rings. The second kappa shape index (κ2) is 16.8. The van der Waals surface area contributed by atoms with Crippen LogP contribution in [-0.2, 0) is 0 Å². The number of nitrogens with zero attached hydrogens (tertiary/aromatic N) is 3. The minimum Gasteiger partial charge on any atom is -0.458 e. The molecule has 76 heavy (non-hydrogen) atoms. The summed E-state index contributed by atoms with van der Waals surface area (Å²) >= 11 is 0. The highest BCUT2D eigenvalue weighted by molar-refractivity contribution is 7.02. The van der Waals surface area contributed by atoms with Crippen molar-refractivity contribution in [1.29, 1.82) is 0 Å². The largest absolute Gasteiger partial charge is 0.458 e. The third kappa shape index (κ3) is 6.63. The summed E-state index contributed by atoms with van der Waals surface area (Å²) < 4.78 is 21.0. The zero-order valence-corrected chi connectivity index (χ0v) is 41.0. The zero-order chi connectivity index (χ0) is 49.8. The molecule has 0 bridgehead atoms. The predicted octanol–water partition coefficient (Wildman–Crippen LogP) is 14.1. The number of para-hydroxylation sites is 5. The second-order valence-electron chi connectivity index (χ2n) is 20.0. The fourth-order valence-electron chi connectivity index (χ4n) is 12.5. The maximum Gasteiger partial charge on any atom is 0.256 e. The Bertz CT molecular complexity index is 4330. The van der Waals surface area contributed by atoms with Gasteiger partial charge in [0.2, 0.25) is 0 Å². The Morgan fingerprint density at radius 1 is 0.263 bits per heavy atom. The lowest BCUT2D eigenvalue weighted by Crippen LogP contribution is -2.64. The molecule has 12 aromatic rings. The maximum absolute atomic E-state index is 7.07. The standard InChI is InChI=1S/C68H43B2N3O3/c1-4-22-48(23-5-1)71-59-30-16-14-28-55(59)69-57-42-58-61(43-60(57)72(49-24-6-2-7-25-49)63-39-53(38-62(71)67(63)69)74-51-34-32-44-18-10-12-20-46(44)36-51)73(50-26-8-3-9-27-50)64-40-54(75-52-35-33-45-19-11-13-21-47(45)37-52)41-66-68(64)70(58)56-29-15-17-31-65(56)76-66/h1-43H. The van der Waals surface area contributed by atoms with Gasteiger partial charge in [-0.05, 0) is 133 Å². The lowest BCUT2D eigenvalue weighted by molar-refractivity contribution is 0.463. The first-order valence-corrected chi connectivity index (χ1v) is 26.0. The molecule has 0 aromatic heterocycles. The van der Waals surface area contributed by atoms with Gasteiger partial charge in [0, 0.05) is 75.5 Å². The molecular formula is C68H43B2N3O3. The van der Waals surface area contributed by atoms with Gasteiger partial charge in [-0.2, -0.15) is 0 Å². The molecule has 6 nitrogen and oxygen atoms in total. The Hall–Kier alpha value is -9.91. The van der Waals surface area contributed by atoms with E-state index in [2.05, 4.69) is 269 Å². The number of anilines is 9. The Labute approximate surface area is 441 Å². The van der Waals surface area contributed by atoms with Crippen molar-refractivity contribution in [3.63, 3.8) is 0 Å². The molecular weight excluding hydrogens is 928 g/mol. The fraction of sp³-hybridized carbons (Fsp3) is 0. The lowest BCUT2D eigenvalue weighted by atomic mass is 9.30. The van der Waals surface area contributed by atoms with Crippen LogP contribution in [0.15, 0.2) is 261 Å². The van der Waals surface area contributed by atoms with Crippen LogP contribution >= 0.6 is 0 Å². The molecule has 0 N–H and O–H groups in total. The van der Waals surface area contributed by atoms with E-state index in [-0.39, 0.29) is 13.4 Å². The summed E-state index contributed by atoms with van der Waals surface area (Å²) in [5.74, 6) is 4.59. The highest BCUT2D eigenvalue weighted by atomic mass is 16.5. The van der Waals surface area contributed by atoms with Crippen LogP contribution in [0.4, 0.5) is 51.2 Å². The number of hydrogen-bond acceptors (Lipinski definition) is 6. The van der Waals surface area contributed by atoms with Crippen LogP contribution in [0.3, 0.4) is 0 Å². The normalized spacial score (nSPS) is 13.2. The topological polar surface area (TPSA) is 37.4 Å². The van der Waals surface area contributed by atoms with E-state index < -0.39 is 0 Å². The van der Waals surface area contributed by atoms with E-state index in [0.717, 1.165) is 107 Å². The van der Waals surface area contributed by atoms with E-state index in [0.29, 0.717) is 5.75 Å². The van der Waals surface area contributed by atoms with Gasteiger partial charge in [-0.15, -0.1) is 0 Å². The van der Waals surface area contributed by atoms with Crippen LogP contribution < -0.4 is 61.7 Å². The lowest BCUT2D eigenvalue weighted by Gasteiger charge is -2.46. The number of benzene rings is 12. The monoisotopic (exact) mass is 971 g/mol. The highest BCUT2D eigenvalue weighted by Gasteiger charge is 2.48. The minimum absolute atomic E-state index is 0.144. The summed E-state index contributed by atoms with van der Waals surface area (Å²) in [4.78, 5) is 7.32. The Morgan fingerprint density at radius 2 is 0.697 bits per heavy atom. The zero-order valence-electron chi connectivity index (χ0n) is 41.0. The molecule has 16 rings (SSSR count). The van der Waals surface area contributed by atoms with E-state index in [1.54, 1.807) is 0 Å². The molecule has 0 spiro atoms. The van der Waals surface area contributed by atoms with Crippen LogP contribution in [0.25, 0.3) is 21.5 Å². The highest BCUT2D eigenvalue weighted by Crippen LogP contribution is 2.50. The van der Waals surface area contributed by atoms with E-state index in [4.69, 9.17) is 14.2 Å². The summed E-state index contributed by atoms with van der Waals surface area (Å²) in [6.07, 6.45) is 0. The van der Waals surface area contributed by atoms with Gasteiger partial charge >= 0.3 is 0 Å². The molecule has 354 valence electrons. The van der Waals surface area contributed by atoms with Crippen molar-refractivity contribution in [3.8, 4) is 34.5 Å². The van der Waals surface area contributed by atoms with Crippen molar-refractivity contribution >= 4 is 119 Å². The van der Waals surface area contributed by atoms with Gasteiger partial charge in [0.15, 0.2) is 0 Å². The SMILES string of the molecule is c1ccc(N2c3cc4c(cc3B3c5ccccc5Oc5cc(Oc6ccc7ccccc7c6)cc2c53)B2c3ccccc3N(c3ccccc3)c3cc(Oc5ccc6ccccc6c5)cc(c32)N4c2ccccc2)cc1. The molecule has 0 amide bonds. The third-order valence-electron chi connectivity index (χ3n) is 15.7. The van der Waals surface area contributed by atoms with Crippen LogP contribution in [0, 0.1) is 0 Å². The smallest absolute Gasteiger partial charge is 0.256 e. The second-order valence-corrected chi connectivity index (χ2v) is 20.0. The third-order valence-corrected chi connectivity index (χ3v) is 15.7. The van der Waals surface area contributed by atoms with Crippen LogP contribution in [0.2, 0.25) is 0 Å². The predicted molar refractivity (Wildman–Crippen MR) is 314 cm³/mol. The van der Waals surface area contributed by atoms with Gasteiger partial charge in [-0.25, -0.2) is 0 Å². The van der Waals surface area contributed by atoms with E-state index in [1.165, 1.54) is 27.2 Å². The first-order valence-electron chi connectivity index (χ1n) is 26.0. The van der Waals surface area contributed by atoms with Crippen LogP contribution in [0.1, 0.15) is 0 Å². The molecule has 0 saturated heterocycles. The molecule has 0 atom stereocenters. The molecule has 0 aliphatic carbocycles. The average Bonchev–Trinajstić information content (AvgIpc) is 3.61. The van der Waals surface area contributed by atoms with Crippen molar-refractivity contribution in [2.24, 2.45) is 0 Å². The number of fused-ring (bicyclic) bond motifs is 10. The molecule has 12 aromatic carbocycles. The Morgan fingerprint density at radius 3 is 1.26 bits per heavy atom. The molecule has 0 saturated carbocycles. The summed E-state index contributed by atoms with van der Waals surface area (Å²) in [6.45, 7) is -0.302. The van der Waals surface area contributed by atoms with Gasteiger partial charge < -0.3 is 28.9 Å². The molecule has 4 aliphatic rings. The van der Waals surface area contributed by atoms with Crippen molar-refractivity contribution in [2.45, 2.75) is 0 Å². The van der Waals surface area contributed by atoms with Crippen LogP contribution in [0.5, 0.6) is 34.5 Å². The average molecular weight is 972 g/mol. The molecule has 4 heterocycles. The maximum atomic E-state index is 7.07. The van der Waals surface area contributed by atoms with E-state index >= 15 is 0 Å². The number of hydrogen-bond donors (Lipinski definition) is 0. The van der Waals surface area contributed by atoms with Crippen molar-refractivity contribution in [2.75, 3.05) is 14.7 Å². The Kier molecular flexibility index (Phi) is 9.42. The summed E-state index contributed by atoms with van der Waals surface area (Å²) in [7, 11) is 0. The molecule has 4 aliphatic heterocycles. The van der Waals surface area contributed by atoms with Crippen molar-refractivity contribution < 1.29 is 14.2 Å². The fourth-order valence-corrected chi connectivity index (χ4v) is 12.5.